The number of hydrogen-bond acceptors (Lipinski definition) is 15. The van der Waals surface area contributed by atoms with E-state index >= 15 is 0 Å². The lowest BCUT2D eigenvalue weighted by Gasteiger charge is -2.21. The van der Waals surface area contributed by atoms with E-state index in [0.29, 0.717) is 25.7 Å². The summed E-state index contributed by atoms with van der Waals surface area (Å²) in [5, 5.41) is 10.6. The number of carbonyl (C=O) groups excluding carboxylic acids is 4. The molecule has 0 radical (unpaired) electrons. The van der Waals surface area contributed by atoms with Crippen LogP contribution in [-0.4, -0.2) is 96.7 Å². The number of allylic oxidation sites excluding steroid dienone is 22. The van der Waals surface area contributed by atoms with E-state index in [2.05, 4.69) is 161 Å². The molecule has 17 nitrogen and oxygen atoms in total. The van der Waals surface area contributed by atoms with Crippen LogP contribution in [-0.2, 0) is 65.4 Å². The molecule has 0 aliphatic heterocycles. The van der Waals surface area contributed by atoms with Crippen molar-refractivity contribution in [3.8, 4) is 0 Å². The lowest BCUT2D eigenvalue weighted by molar-refractivity contribution is -0.161. The van der Waals surface area contributed by atoms with Crippen molar-refractivity contribution in [3.63, 3.8) is 0 Å². The maximum Gasteiger partial charge on any atom is 0.472 e. The Bertz CT molecular complexity index is 2490. The van der Waals surface area contributed by atoms with Gasteiger partial charge in [0.05, 0.1) is 26.4 Å². The molecule has 0 rings (SSSR count). The molecule has 19 heteroatoms. The third-order valence-corrected chi connectivity index (χ3v) is 18.5. The summed E-state index contributed by atoms with van der Waals surface area (Å²) in [6.45, 7) is 4.56. The summed E-state index contributed by atoms with van der Waals surface area (Å²) >= 11 is 0. The van der Waals surface area contributed by atoms with E-state index < -0.39 is 97.5 Å². The minimum atomic E-state index is -4.99. The third kappa shape index (κ3) is 75.4. The van der Waals surface area contributed by atoms with Crippen molar-refractivity contribution >= 4 is 39.5 Å². The van der Waals surface area contributed by atoms with Crippen LogP contribution in [0, 0.1) is 0 Å². The van der Waals surface area contributed by atoms with Crippen LogP contribution in [0.15, 0.2) is 134 Å². The Morgan fingerprint density at radius 3 is 0.798 bits per heavy atom. The number of phosphoric ester groups is 2. The standard InChI is InChI=1S/C85H144O17P2/c1-5-9-13-17-21-25-29-32-35-37-39-41-44-47-51-54-58-62-66-70-83(88)96-76-81(102-85(90)72-68-64-60-56-52-48-45-42-40-38-36-33-30-26-22-18-14-10-6-2)78-100-104(93,94)98-74-79(86)73-97-103(91,92)99-77-80(101-84(89)71-67-63-59-55-49-28-24-20-16-12-8-4)75-95-82(87)69-65-61-57-53-50-46-43-34-31-27-23-19-15-11-7-3/h9-10,13-14,21-23,25-27,32-36,39-43,47,51,79-81,86H,5-8,11-12,15-20,24,28-31,37-38,44-46,48-50,52-78H2,1-4H3,(H,91,92)(H,93,94)/b13-9-,14-10-,25-21-,26-22-,27-23-,35-32-,36-33-,41-39-,42-40-,43-34-,51-47-. The highest BCUT2D eigenvalue weighted by molar-refractivity contribution is 7.47. The van der Waals surface area contributed by atoms with E-state index in [1.54, 1.807) is 0 Å². The Morgan fingerprint density at radius 2 is 0.500 bits per heavy atom. The summed E-state index contributed by atoms with van der Waals surface area (Å²) in [4.78, 5) is 73.0. The number of phosphoric acid groups is 2. The second-order valence-corrected chi connectivity index (χ2v) is 29.5. The summed E-state index contributed by atoms with van der Waals surface area (Å²) in [5.41, 5.74) is 0. The molecule has 0 saturated carbocycles. The zero-order chi connectivity index (χ0) is 76.0. The second kappa shape index (κ2) is 76.4. The Labute approximate surface area is 631 Å². The number of esters is 4. The molecule has 3 N–H and O–H groups in total. The zero-order valence-electron chi connectivity index (χ0n) is 65.2. The van der Waals surface area contributed by atoms with E-state index in [0.717, 1.165) is 186 Å². The van der Waals surface area contributed by atoms with Crippen LogP contribution in [0.3, 0.4) is 0 Å². The number of aliphatic hydroxyl groups is 1. The molecule has 0 amide bonds. The molecule has 0 aliphatic carbocycles. The summed E-state index contributed by atoms with van der Waals surface area (Å²) < 4.78 is 68.6. The SMILES string of the molecule is CC/C=C\C/C=C\C/C=C\C/C=C\C/C=C\CCCCCC(=O)OCC(COP(=O)(O)OCC(O)COP(=O)(O)OCC(COC(=O)CCCCCCC/C=C\C/C=C\CCCCC)OC(=O)CCCCCCCCCCCCC)OC(=O)CCCCCCCC/C=C\C/C=C\C/C=C\C/C=C\CC. The van der Waals surface area contributed by atoms with E-state index in [1.807, 2.05) is 0 Å². The smallest absolute Gasteiger partial charge is 0.462 e. The minimum Gasteiger partial charge on any atom is -0.462 e. The molecule has 104 heavy (non-hydrogen) atoms. The maximum absolute atomic E-state index is 13.1. The van der Waals surface area contributed by atoms with Gasteiger partial charge >= 0.3 is 39.5 Å². The quantitative estimate of drug-likeness (QED) is 0.0169. The van der Waals surface area contributed by atoms with E-state index in [-0.39, 0.29) is 25.7 Å². The van der Waals surface area contributed by atoms with Crippen LogP contribution in [0.1, 0.15) is 323 Å². The Morgan fingerprint density at radius 1 is 0.279 bits per heavy atom. The van der Waals surface area contributed by atoms with Gasteiger partial charge in [-0.15, -0.1) is 0 Å². The van der Waals surface area contributed by atoms with Crippen molar-refractivity contribution < 1.29 is 80.2 Å². The summed E-state index contributed by atoms with van der Waals surface area (Å²) in [6.07, 6.45) is 85.7. The first-order valence-electron chi connectivity index (χ1n) is 40.4. The Balaban J connectivity index is 5.40. The van der Waals surface area contributed by atoms with Gasteiger partial charge in [0.1, 0.15) is 19.3 Å². The van der Waals surface area contributed by atoms with Gasteiger partial charge in [0.2, 0.25) is 0 Å². The average molecular weight is 1500 g/mol. The second-order valence-electron chi connectivity index (χ2n) is 26.6. The predicted molar refractivity (Wildman–Crippen MR) is 427 cm³/mol. The number of ether oxygens (including phenoxy) is 4. The Kier molecular flexibility index (Phi) is 72.9. The molecule has 0 aromatic rings. The first-order valence-corrected chi connectivity index (χ1v) is 43.4. The van der Waals surface area contributed by atoms with Gasteiger partial charge in [0.15, 0.2) is 12.2 Å². The summed E-state index contributed by atoms with van der Waals surface area (Å²) in [7, 11) is -9.97. The van der Waals surface area contributed by atoms with Crippen LogP contribution < -0.4 is 0 Å². The molecule has 0 spiro atoms. The molecular formula is C85H144O17P2. The van der Waals surface area contributed by atoms with Gasteiger partial charge in [-0.2, -0.15) is 0 Å². The predicted octanol–water partition coefficient (Wildman–Crippen LogP) is 23.7. The van der Waals surface area contributed by atoms with Crippen LogP contribution in [0.5, 0.6) is 0 Å². The normalized spacial score (nSPS) is 14.6. The zero-order valence-corrected chi connectivity index (χ0v) is 66.9. The molecule has 0 aromatic heterocycles. The number of rotatable bonds is 75. The number of carbonyl (C=O) groups is 4. The summed E-state index contributed by atoms with van der Waals surface area (Å²) in [6, 6.07) is 0. The van der Waals surface area contributed by atoms with Crippen LogP contribution >= 0.6 is 15.6 Å². The maximum atomic E-state index is 13.1. The molecule has 0 saturated heterocycles. The van der Waals surface area contributed by atoms with Gasteiger partial charge in [0.25, 0.3) is 0 Å². The fraction of sp³-hybridized carbons (Fsp3) is 0.694. The lowest BCUT2D eigenvalue weighted by atomic mass is 10.1. The lowest BCUT2D eigenvalue weighted by Crippen LogP contribution is -2.30. The first-order chi connectivity index (χ1) is 50.7. The van der Waals surface area contributed by atoms with Gasteiger partial charge in [-0.3, -0.25) is 37.3 Å². The van der Waals surface area contributed by atoms with E-state index in [4.69, 9.17) is 37.0 Å². The monoisotopic (exact) mass is 1500 g/mol. The van der Waals surface area contributed by atoms with Crippen LogP contribution in [0.2, 0.25) is 0 Å². The minimum absolute atomic E-state index is 0.0676. The van der Waals surface area contributed by atoms with Gasteiger partial charge < -0.3 is 33.8 Å². The third-order valence-electron chi connectivity index (χ3n) is 16.6. The molecule has 5 unspecified atom stereocenters. The molecule has 0 fully saturated rings. The van der Waals surface area contributed by atoms with Crippen molar-refractivity contribution in [1.82, 2.24) is 0 Å². The van der Waals surface area contributed by atoms with Crippen LogP contribution in [0.4, 0.5) is 0 Å². The number of unbranched alkanes of at least 4 members (excludes halogenated alkanes) is 27. The largest absolute Gasteiger partial charge is 0.472 e. The van der Waals surface area contributed by atoms with Crippen molar-refractivity contribution in [2.24, 2.45) is 0 Å². The molecule has 5 atom stereocenters. The van der Waals surface area contributed by atoms with Gasteiger partial charge in [-0.25, -0.2) is 9.13 Å². The van der Waals surface area contributed by atoms with Crippen molar-refractivity contribution in [1.29, 1.82) is 0 Å². The Hall–Kier alpha value is -4.80. The average Bonchev–Trinajstić information content (AvgIpc) is 0.928. The number of hydrogen-bond donors (Lipinski definition) is 3. The fourth-order valence-electron chi connectivity index (χ4n) is 10.5. The summed E-state index contributed by atoms with van der Waals surface area (Å²) in [5.74, 6) is -2.24. The van der Waals surface area contributed by atoms with Gasteiger partial charge in [-0.1, -0.05) is 290 Å². The highest BCUT2D eigenvalue weighted by Gasteiger charge is 2.30. The number of aliphatic hydroxyl groups excluding tert-OH is 1. The molecule has 0 aliphatic rings. The molecule has 0 bridgehead atoms. The van der Waals surface area contributed by atoms with E-state index in [9.17, 15) is 43.2 Å². The van der Waals surface area contributed by atoms with Gasteiger partial charge in [0, 0.05) is 25.7 Å². The van der Waals surface area contributed by atoms with Crippen molar-refractivity contribution in [2.45, 2.75) is 341 Å². The molecule has 596 valence electrons. The van der Waals surface area contributed by atoms with Gasteiger partial charge in [-0.05, 0) is 141 Å². The first kappa shape index (κ1) is 99.2. The fourth-order valence-corrected chi connectivity index (χ4v) is 12.1. The highest BCUT2D eigenvalue weighted by Crippen LogP contribution is 2.45. The topological polar surface area (TPSA) is 237 Å². The molecule has 0 aromatic carbocycles. The van der Waals surface area contributed by atoms with Crippen LogP contribution in [0.25, 0.3) is 0 Å². The van der Waals surface area contributed by atoms with E-state index in [1.165, 1.54) is 57.8 Å². The van der Waals surface area contributed by atoms with Crippen molar-refractivity contribution in [3.05, 3.63) is 134 Å². The van der Waals surface area contributed by atoms with Crippen molar-refractivity contribution in [2.75, 3.05) is 39.6 Å². The molecular weight excluding hydrogens is 1350 g/mol. The molecule has 0 heterocycles. The highest BCUT2D eigenvalue weighted by atomic mass is 31.2.